The second-order valence-corrected chi connectivity index (χ2v) is 4.19. The third kappa shape index (κ3) is 5.09. The summed E-state index contributed by atoms with van der Waals surface area (Å²) in [7, 11) is 0. The van der Waals surface area contributed by atoms with Crippen molar-refractivity contribution in [3.63, 3.8) is 0 Å². The third-order valence-electron chi connectivity index (χ3n) is 2.42. The van der Waals surface area contributed by atoms with Crippen LogP contribution in [0.25, 0.3) is 0 Å². The van der Waals surface area contributed by atoms with Gasteiger partial charge in [-0.15, -0.1) is 0 Å². The van der Waals surface area contributed by atoms with Gasteiger partial charge in [-0.25, -0.2) is 4.79 Å². The van der Waals surface area contributed by atoms with Crippen LogP contribution in [0.15, 0.2) is 12.2 Å². The number of hydrogen-bond donors (Lipinski definition) is 1. The molecule has 0 aromatic heterocycles. The molecule has 1 N–H and O–H groups in total. The molecule has 1 saturated heterocycles. The fourth-order valence-electron chi connectivity index (χ4n) is 1.41. The van der Waals surface area contributed by atoms with Crippen molar-refractivity contribution < 1.29 is 28.8 Å². The van der Waals surface area contributed by atoms with Gasteiger partial charge in [-0.05, 0) is 12.0 Å². The normalized spacial score (nSPS) is 14.2. The zero-order valence-electron chi connectivity index (χ0n) is 11.1. The fourth-order valence-corrected chi connectivity index (χ4v) is 1.41. The summed E-state index contributed by atoms with van der Waals surface area (Å²) < 4.78 is 4.70. The zero-order chi connectivity index (χ0) is 15.1. The van der Waals surface area contributed by atoms with Crippen molar-refractivity contribution in [2.75, 3.05) is 13.2 Å². The lowest BCUT2D eigenvalue weighted by atomic mass is 10.2. The van der Waals surface area contributed by atoms with E-state index in [1.165, 1.54) is 6.92 Å². The van der Waals surface area contributed by atoms with Gasteiger partial charge in [-0.1, -0.05) is 11.6 Å². The highest BCUT2D eigenvalue weighted by Gasteiger charge is 2.33. The fraction of sp³-hybridized carbons (Fsp3) is 0.500. The zero-order valence-corrected chi connectivity index (χ0v) is 11.1. The third-order valence-corrected chi connectivity index (χ3v) is 2.42. The van der Waals surface area contributed by atoms with Crippen molar-refractivity contribution >= 4 is 23.9 Å². The van der Waals surface area contributed by atoms with Gasteiger partial charge >= 0.3 is 6.16 Å². The second-order valence-electron chi connectivity index (χ2n) is 4.19. The molecule has 0 aromatic rings. The molecule has 1 heterocycles. The number of rotatable bonds is 6. The second kappa shape index (κ2) is 7.27. The van der Waals surface area contributed by atoms with Crippen LogP contribution in [0, 0.1) is 0 Å². The number of imide groups is 1. The van der Waals surface area contributed by atoms with Gasteiger partial charge < -0.3 is 10.1 Å². The molecule has 8 heteroatoms. The number of carbonyl (C=O) groups is 4. The Morgan fingerprint density at radius 1 is 1.30 bits per heavy atom. The van der Waals surface area contributed by atoms with E-state index in [4.69, 9.17) is 4.74 Å². The molecule has 0 radical (unpaired) electrons. The van der Waals surface area contributed by atoms with E-state index in [1.807, 2.05) is 0 Å². The summed E-state index contributed by atoms with van der Waals surface area (Å²) in [5, 5.41) is 2.97. The number of ether oxygens (including phenoxy) is 1. The summed E-state index contributed by atoms with van der Waals surface area (Å²) in [5.74, 6) is -1.31. The average Bonchev–Trinajstić information content (AvgIpc) is 2.68. The first-order valence-electron chi connectivity index (χ1n) is 6.01. The van der Waals surface area contributed by atoms with Crippen LogP contribution in [0.4, 0.5) is 4.79 Å². The summed E-state index contributed by atoms with van der Waals surface area (Å²) in [5.41, 5.74) is 0.565. The molecule has 110 valence electrons. The SMILES string of the molecule is C=C(CCNC(C)=O)COC(=O)ON1C(=O)CCC1=O. The van der Waals surface area contributed by atoms with Crippen LogP contribution in [-0.2, 0) is 24.0 Å². The van der Waals surface area contributed by atoms with E-state index in [-0.39, 0.29) is 25.4 Å². The van der Waals surface area contributed by atoms with Crippen molar-refractivity contribution in [1.29, 1.82) is 0 Å². The molecule has 20 heavy (non-hydrogen) atoms. The summed E-state index contributed by atoms with van der Waals surface area (Å²) in [6, 6.07) is 0. The van der Waals surface area contributed by atoms with Gasteiger partial charge in [0.2, 0.25) is 5.91 Å². The van der Waals surface area contributed by atoms with Crippen LogP contribution in [0.5, 0.6) is 0 Å². The van der Waals surface area contributed by atoms with Crippen molar-refractivity contribution in [2.24, 2.45) is 0 Å². The van der Waals surface area contributed by atoms with E-state index in [0.717, 1.165) is 0 Å². The minimum Gasteiger partial charge on any atom is -0.428 e. The monoisotopic (exact) mass is 284 g/mol. The number of hydrogen-bond acceptors (Lipinski definition) is 6. The lowest BCUT2D eigenvalue weighted by molar-refractivity contribution is -0.176. The Kier molecular flexibility index (Phi) is 5.70. The summed E-state index contributed by atoms with van der Waals surface area (Å²) in [6.45, 7) is 5.31. The van der Waals surface area contributed by atoms with Gasteiger partial charge in [0.25, 0.3) is 11.8 Å². The summed E-state index contributed by atoms with van der Waals surface area (Å²) in [6.07, 6.45) is -0.659. The molecule has 1 rings (SSSR count). The number of amides is 3. The lowest BCUT2D eigenvalue weighted by Crippen LogP contribution is -2.32. The largest absolute Gasteiger partial charge is 0.534 e. The molecule has 1 aliphatic rings. The molecule has 1 fully saturated rings. The summed E-state index contributed by atoms with van der Waals surface area (Å²) in [4.78, 5) is 48.8. The van der Waals surface area contributed by atoms with Gasteiger partial charge in [-0.3, -0.25) is 19.2 Å². The van der Waals surface area contributed by atoms with Crippen LogP contribution >= 0.6 is 0 Å². The Balaban J connectivity index is 2.22. The maximum atomic E-state index is 11.3. The maximum Gasteiger partial charge on any atom is 0.534 e. The van der Waals surface area contributed by atoms with E-state index in [2.05, 4.69) is 16.7 Å². The van der Waals surface area contributed by atoms with Crippen molar-refractivity contribution in [3.8, 4) is 0 Å². The van der Waals surface area contributed by atoms with E-state index in [9.17, 15) is 19.2 Å². The van der Waals surface area contributed by atoms with E-state index >= 15 is 0 Å². The first kappa shape index (κ1) is 15.7. The maximum absolute atomic E-state index is 11.3. The Bertz CT molecular complexity index is 429. The molecule has 8 nitrogen and oxygen atoms in total. The molecule has 0 saturated carbocycles. The standard InChI is InChI=1S/C12H16N2O6/c1-8(5-6-13-9(2)15)7-19-12(18)20-14-10(16)3-4-11(14)17/h1,3-7H2,2H3,(H,13,15). The van der Waals surface area contributed by atoms with E-state index in [1.54, 1.807) is 0 Å². The molecule has 0 unspecified atom stereocenters. The number of nitrogens with one attached hydrogen (secondary N) is 1. The molecule has 0 aromatic carbocycles. The van der Waals surface area contributed by atoms with Gasteiger partial charge in [0, 0.05) is 26.3 Å². The van der Waals surface area contributed by atoms with Gasteiger partial charge in [0.15, 0.2) is 0 Å². The predicted molar refractivity (Wildman–Crippen MR) is 66.0 cm³/mol. The topological polar surface area (TPSA) is 102 Å². The average molecular weight is 284 g/mol. The van der Waals surface area contributed by atoms with E-state index in [0.29, 0.717) is 23.6 Å². The number of nitrogens with zero attached hydrogens (tertiary/aromatic N) is 1. The van der Waals surface area contributed by atoms with E-state index < -0.39 is 18.0 Å². The first-order chi connectivity index (χ1) is 9.40. The lowest BCUT2D eigenvalue weighted by Gasteiger charge is -2.13. The number of carbonyl (C=O) groups excluding carboxylic acids is 4. The molecule has 1 aliphatic heterocycles. The smallest absolute Gasteiger partial charge is 0.428 e. The van der Waals surface area contributed by atoms with Gasteiger partial charge in [-0.2, -0.15) is 0 Å². The highest BCUT2D eigenvalue weighted by molar-refractivity contribution is 6.01. The molecule has 0 bridgehead atoms. The molecular formula is C12H16N2O6. The van der Waals surface area contributed by atoms with Crippen LogP contribution in [0.3, 0.4) is 0 Å². The highest BCUT2D eigenvalue weighted by Crippen LogP contribution is 2.12. The Labute approximate surface area is 115 Å². The Morgan fingerprint density at radius 2 is 1.90 bits per heavy atom. The van der Waals surface area contributed by atoms with Crippen LogP contribution in [0.2, 0.25) is 0 Å². The number of hydroxylamine groups is 2. The first-order valence-corrected chi connectivity index (χ1v) is 6.01. The predicted octanol–water partition coefficient (Wildman–Crippen LogP) is 0.286. The molecule has 0 atom stereocenters. The Morgan fingerprint density at radius 3 is 2.45 bits per heavy atom. The minimum absolute atomic E-state index is 0.0234. The van der Waals surface area contributed by atoms with Gasteiger partial charge in [0.05, 0.1) is 0 Å². The quantitative estimate of drug-likeness (QED) is 0.427. The highest BCUT2D eigenvalue weighted by atomic mass is 16.8. The molecule has 3 amide bonds. The van der Waals surface area contributed by atoms with Gasteiger partial charge in [0.1, 0.15) is 6.61 Å². The summed E-state index contributed by atoms with van der Waals surface area (Å²) >= 11 is 0. The van der Waals surface area contributed by atoms with Crippen LogP contribution in [-0.4, -0.2) is 42.1 Å². The van der Waals surface area contributed by atoms with Crippen molar-refractivity contribution in [1.82, 2.24) is 10.4 Å². The molecular weight excluding hydrogens is 268 g/mol. The Hall–Kier alpha value is -2.38. The van der Waals surface area contributed by atoms with Crippen LogP contribution < -0.4 is 5.32 Å². The van der Waals surface area contributed by atoms with Crippen molar-refractivity contribution in [2.45, 2.75) is 26.2 Å². The van der Waals surface area contributed by atoms with Crippen molar-refractivity contribution in [3.05, 3.63) is 12.2 Å². The minimum atomic E-state index is -1.14. The van der Waals surface area contributed by atoms with Crippen LogP contribution in [0.1, 0.15) is 26.2 Å². The molecule has 0 aliphatic carbocycles. The molecule has 0 spiro atoms.